The summed E-state index contributed by atoms with van der Waals surface area (Å²) in [6.07, 6.45) is 15.5. The van der Waals surface area contributed by atoms with E-state index in [1.807, 2.05) is 0 Å². The topological polar surface area (TPSA) is 59.0 Å². The molecule has 1 amide bonds. The molecule has 9 unspecified atom stereocenters. The van der Waals surface area contributed by atoms with Gasteiger partial charge in [-0.1, -0.05) is 34.1 Å². The van der Waals surface area contributed by atoms with E-state index in [0.29, 0.717) is 41.8 Å². The first-order valence-electron chi connectivity index (χ1n) is 16.7. The molecule has 39 heavy (non-hydrogen) atoms. The van der Waals surface area contributed by atoms with E-state index in [-0.39, 0.29) is 23.0 Å². The Labute approximate surface area is 238 Å². The van der Waals surface area contributed by atoms with Crippen molar-refractivity contribution >= 4 is 5.91 Å². The fourth-order valence-electron chi connectivity index (χ4n) is 12.4. The third-order valence-electron chi connectivity index (χ3n) is 14.3. The molecule has 6 rings (SSSR count). The molecule has 1 saturated heterocycles. The van der Waals surface area contributed by atoms with Gasteiger partial charge in [0.2, 0.25) is 5.91 Å². The van der Waals surface area contributed by atoms with Crippen molar-refractivity contribution in [1.29, 1.82) is 0 Å². The number of rotatable bonds is 5. The molecule has 0 spiro atoms. The van der Waals surface area contributed by atoms with Crippen LogP contribution in [0.4, 0.5) is 0 Å². The van der Waals surface area contributed by atoms with E-state index in [0.717, 1.165) is 62.9 Å². The van der Waals surface area contributed by atoms with Gasteiger partial charge in [0.05, 0.1) is 30.8 Å². The van der Waals surface area contributed by atoms with Crippen LogP contribution in [0.15, 0.2) is 0 Å². The molecule has 0 aromatic heterocycles. The lowest BCUT2D eigenvalue weighted by Crippen LogP contribution is -2.64. The lowest BCUT2D eigenvalue weighted by Gasteiger charge is -2.69. The molecule has 1 aliphatic heterocycles. The van der Waals surface area contributed by atoms with Crippen LogP contribution in [-0.4, -0.2) is 61.5 Å². The zero-order valence-electron chi connectivity index (χ0n) is 25.7. The van der Waals surface area contributed by atoms with Crippen LogP contribution in [0.1, 0.15) is 111 Å². The van der Waals surface area contributed by atoms with Gasteiger partial charge in [-0.25, -0.2) is 0 Å². The van der Waals surface area contributed by atoms with E-state index in [1.54, 1.807) is 7.11 Å². The van der Waals surface area contributed by atoms with Gasteiger partial charge in [-0.3, -0.25) is 4.79 Å². The second-order valence-electron chi connectivity index (χ2n) is 15.9. The van der Waals surface area contributed by atoms with Crippen LogP contribution in [0.2, 0.25) is 0 Å². The number of nitrogens with zero attached hydrogens (tertiary/aromatic N) is 1. The summed E-state index contributed by atoms with van der Waals surface area (Å²) < 4.78 is 11.1. The highest BCUT2D eigenvalue weighted by Gasteiger charge is 2.67. The Morgan fingerprint density at radius 2 is 1.54 bits per heavy atom. The Balaban J connectivity index is 1.18. The van der Waals surface area contributed by atoms with Crippen molar-refractivity contribution in [1.82, 2.24) is 4.90 Å². The number of aliphatic hydroxyl groups excluding tert-OH is 1. The van der Waals surface area contributed by atoms with Gasteiger partial charge in [0.1, 0.15) is 0 Å². The summed E-state index contributed by atoms with van der Waals surface area (Å²) in [5.74, 6) is 3.98. The van der Waals surface area contributed by atoms with Crippen molar-refractivity contribution in [3.05, 3.63) is 0 Å². The zero-order chi connectivity index (χ0) is 27.6. The number of carbonyl (C=O) groups is 1. The highest BCUT2D eigenvalue weighted by Crippen LogP contribution is 2.73. The van der Waals surface area contributed by atoms with Gasteiger partial charge in [0.25, 0.3) is 0 Å². The highest BCUT2D eigenvalue weighted by atomic mass is 16.5. The van der Waals surface area contributed by atoms with E-state index in [2.05, 4.69) is 32.6 Å². The van der Waals surface area contributed by atoms with E-state index in [4.69, 9.17) is 9.47 Å². The van der Waals surface area contributed by atoms with E-state index >= 15 is 0 Å². The second kappa shape index (κ2) is 10.3. The van der Waals surface area contributed by atoms with Crippen molar-refractivity contribution in [2.24, 2.45) is 51.2 Å². The van der Waals surface area contributed by atoms with Gasteiger partial charge in [0.15, 0.2) is 0 Å². The van der Waals surface area contributed by atoms with E-state index < -0.39 is 0 Å². The zero-order valence-corrected chi connectivity index (χ0v) is 25.7. The minimum absolute atomic E-state index is 0.0209. The molecule has 0 aromatic carbocycles. The molecule has 222 valence electrons. The maximum Gasteiger partial charge on any atom is 0.229 e. The monoisotopic (exact) mass is 543 g/mol. The average Bonchev–Trinajstić information content (AvgIpc) is 3.37. The third kappa shape index (κ3) is 4.29. The van der Waals surface area contributed by atoms with Crippen LogP contribution < -0.4 is 0 Å². The fraction of sp³-hybridized carbons (Fsp3) is 0.971. The smallest absolute Gasteiger partial charge is 0.229 e. The first-order chi connectivity index (χ1) is 18.6. The lowest BCUT2D eigenvalue weighted by molar-refractivity contribution is -0.215. The number of hydrogen-bond acceptors (Lipinski definition) is 4. The molecule has 6 fully saturated rings. The predicted molar refractivity (Wildman–Crippen MR) is 154 cm³/mol. The van der Waals surface area contributed by atoms with Crippen molar-refractivity contribution in [3.8, 4) is 0 Å². The summed E-state index contributed by atoms with van der Waals surface area (Å²) in [6, 6.07) is 0. The molecule has 9 atom stereocenters. The Hall–Kier alpha value is -0.650. The van der Waals surface area contributed by atoms with Gasteiger partial charge in [-0.15, -0.1) is 0 Å². The summed E-state index contributed by atoms with van der Waals surface area (Å²) in [5, 5.41) is 10.9. The standard InChI is InChI=1S/C34H57NO4/c1-31(2)27-11-16-32(3)25-10-18-34(30(37)35-19-13-23(14-20-35)39-22-21-38-5)15-6-7-26(34)24(25)8-9-28(32)33(27,4)17-12-29(31)36/h23-29,36H,6-22H2,1-5H3. The minimum atomic E-state index is -0.155. The Bertz CT molecular complexity index is 913. The number of likely N-dealkylation sites (tertiary alicyclic amines) is 1. The molecule has 5 aliphatic carbocycles. The molecule has 0 radical (unpaired) electrons. The van der Waals surface area contributed by atoms with Gasteiger partial charge in [-0.2, -0.15) is 0 Å². The van der Waals surface area contributed by atoms with E-state index in [1.165, 1.54) is 51.4 Å². The van der Waals surface area contributed by atoms with Crippen LogP contribution in [0.3, 0.4) is 0 Å². The molecule has 1 N–H and O–H groups in total. The molecule has 5 nitrogen and oxygen atoms in total. The Morgan fingerprint density at radius 1 is 0.795 bits per heavy atom. The van der Waals surface area contributed by atoms with Crippen LogP contribution in [-0.2, 0) is 14.3 Å². The van der Waals surface area contributed by atoms with Crippen molar-refractivity contribution < 1.29 is 19.4 Å². The molecule has 6 aliphatic rings. The van der Waals surface area contributed by atoms with Crippen molar-refractivity contribution in [2.75, 3.05) is 33.4 Å². The minimum Gasteiger partial charge on any atom is -0.393 e. The number of aliphatic hydroxyl groups is 1. The summed E-state index contributed by atoms with van der Waals surface area (Å²) in [6.45, 7) is 13.0. The van der Waals surface area contributed by atoms with Gasteiger partial charge in [0, 0.05) is 20.2 Å². The summed E-state index contributed by atoms with van der Waals surface area (Å²) in [4.78, 5) is 16.6. The van der Waals surface area contributed by atoms with Gasteiger partial charge >= 0.3 is 0 Å². The summed E-state index contributed by atoms with van der Waals surface area (Å²) in [7, 11) is 1.72. The number of methoxy groups -OCH3 is 1. The van der Waals surface area contributed by atoms with Crippen molar-refractivity contribution in [2.45, 2.75) is 123 Å². The summed E-state index contributed by atoms with van der Waals surface area (Å²) >= 11 is 0. The number of ether oxygens (including phenoxy) is 2. The summed E-state index contributed by atoms with van der Waals surface area (Å²) in [5.41, 5.74) is 0.664. The molecule has 5 saturated carbocycles. The van der Waals surface area contributed by atoms with Gasteiger partial charge < -0.3 is 19.5 Å². The lowest BCUT2D eigenvalue weighted by atomic mass is 9.36. The van der Waals surface area contributed by atoms with Crippen LogP contribution in [0, 0.1) is 51.2 Å². The van der Waals surface area contributed by atoms with Crippen LogP contribution >= 0.6 is 0 Å². The Morgan fingerprint density at radius 3 is 2.28 bits per heavy atom. The Kier molecular flexibility index (Phi) is 7.49. The predicted octanol–water partition coefficient (Wildman–Crippen LogP) is 6.47. The van der Waals surface area contributed by atoms with E-state index in [9.17, 15) is 9.90 Å². The fourth-order valence-corrected chi connectivity index (χ4v) is 12.4. The normalized spacial score (nSPS) is 47.6. The number of fused-ring (bicyclic) bond motifs is 7. The van der Waals surface area contributed by atoms with Gasteiger partial charge in [-0.05, 0) is 123 Å². The van der Waals surface area contributed by atoms with Crippen LogP contribution in [0.5, 0.6) is 0 Å². The van der Waals surface area contributed by atoms with Crippen LogP contribution in [0.25, 0.3) is 0 Å². The second-order valence-corrected chi connectivity index (χ2v) is 15.9. The number of amides is 1. The molecular weight excluding hydrogens is 486 g/mol. The first kappa shape index (κ1) is 28.5. The molecule has 0 aromatic rings. The highest BCUT2D eigenvalue weighted by molar-refractivity contribution is 5.84. The average molecular weight is 544 g/mol. The quantitative estimate of drug-likeness (QED) is 0.404. The maximum atomic E-state index is 14.3. The molecule has 1 heterocycles. The molecule has 5 heteroatoms. The molecule has 0 bridgehead atoms. The SMILES string of the molecule is COCCOC1CCN(C(=O)C23CCCC2C2CCC4C(C)(CCC5C(C)(C)C(O)CCC54C)C2CC3)CC1. The largest absolute Gasteiger partial charge is 0.393 e. The molecular formula is C34H57NO4. The van der Waals surface area contributed by atoms with Crippen molar-refractivity contribution in [3.63, 3.8) is 0 Å². The number of piperidine rings is 1. The number of carbonyl (C=O) groups excluding carboxylic acids is 1. The third-order valence-corrected chi connectivity index (χ3v) is 14.3. The first-order valence-corrected chi connectivity index (χ1v) is 16.7. The number of hydrogen-bond donors (Lipinski definition) is 1. The maximum absolute atomic E-state index is 14.3.